The van der Waals surface area contributed by atoms with Crippen LogP contribution in [0.5, 0.6) is 0 Å². The van der Waals surface area contributed by atoms with Crippen LogP contribution in [0.1, 0.15) is 214 Å². The first kappa shape index (κ1) is 95.9. The van der Waals surface area contributed by atoms with Gasteiger partial charge in [-0.3, -0.25) is 71.9 Å². The number of rotatable bonds is 53. The molecule has 0 aliphatic rings. The van der Waals surface area contributed by atoms with Crippen molar-refractivity contribution in [2.75, 3.05) is 19.6 Å². The lowest BCUT2D eigenvalue weighted by molar-refractivity contribution is -0.136. The van der Waals surface area contributed by atoms with Gasteiger partial charge >= 0.3 is 0 Å². The van der Waals surface area contributed by atoms with Crippen LogP contribution in [-0.4, -0.2) is 193 Å². The summed E-state index contributed by atoms with van der Waals surface area (Å²) in [6, 6.07) is -17.3. The largest absolute Gasteiger partial charge is 0.370 e. The number of hydrogen-bond donors (Lipinski definition) is 19. The van der Waals surface area contributed by atoms with Crippen molar-refractivity contribution in [3.63, 3.8) is 0 Å². The highest BCUT2D eigenvalue weighted by molar-refractivity contribution is 6.00. The summed E-state index contributed by atoms with van der Waals surface area (Å²) in [6.45, 7) is 27.8. The third kappa shape index (κ3) is 37.5. The molecule has 0 aliphatic heterocycles. The second kappa shape index (κ2) is 50.4. The zero-order valence-corrected chi connectivity index (χ0v) is 64.6. The van der Waals surface area contributed by atoms with Crippen LogP contribution in [0.4, 0.5) is 0 Å². The fourth-order valence-electron chi connectivity index (χ4n) is 10.8. The molecule has 0 bridgehead atoms. The Balaban J connectivity index is 6.37. The summed E-state index contributed by atoms with van der Waals surface area (Å²) in [5, 5.41) is 34.1. The van der Waals surface area contributed by atoms with Gasteiger partial charge in [0, 0.05) is 0 Å². The molecule has 25 N–H and O–H groups in total. The van der Waals surface area contributed by atoms with Crippen molar-refractivity contribution in [3.8, 4) is 0 Å². The number of hydrogen-bond acceptors (Lipinski definition) is 19. The fourth-order valence-corrected chi connectivity index (χ4v) is 10.8. The van der Waals surface area contributed by atoms with Crippen LogP contribution in [0.3, 0.4) is 0 Å². The van der Waals surface area contributed by atoms with Crippen molar-refractivity contribution in [2.45, 2.75) is 298 Å². The number of unbranched alkanes of at least 4 members (excludes halogenated alkanes) is 3. The minimum Gasteiger partial charge on any atom is -0.370 e. The Kier molecular flexibility index (Phi) is 46.4. The highest BCUT2D eigenvalue weighted by Crippen LogP contribution is 2.16. The normalized spacial score (nSPS) is 16.0. The van der Waals surface area contributed by atoms with Gasteiger partial charge in [0.2, 0.25) is 88.6 Å². The number of nitrogens with two attached hydrogens (primary N) is 6. The lowest BCUT2D eigenvalue weighted by Crippen LogP contribution is -2.60. The van der Waals surface area contributed by atoms with Crippen LogP contribution in [-0.2, 0) is 71.9 Å². The van der Waals surface area contributed by atoms with Gasteiger partial charge in [0.1, 0.15) is 78.5 Å². The second-order valence-electron chi connectivity index (χ2n) is 29.1. The van der Waals surface area contributed by atoms with Gasteiger partial charge in [-0.25, -0.2) is 0 Å². The summed E-state index contributed by atoms with van der Waals surface area (Å²) in [4.78, 5) is 204. The molecule has 16 atom stereocenters. The van der Waals surface area contributed by atoms with Crippen LogP contribution in [0.2, 0.25) is 0 Å². The van der Waals surface area contributed by atoms with Crippen LogP contribution < -0.4 is 104 Å². The zero-order chi connectivity index (χ0) is 79.8. The van der Waals surface area contributed by atoms with Gasteiger partial charge in [0.25, 0.3) is 0 Å². The van der Waals surface area contributed by atoms with Gasteiger partial charge < -0.3 is 104 Å². The molecule has 0 fully saturated rings. The molecular formula is C70H131N19O15. The molecule has 0 rings (SSSR count). The highest BCUT2D eigenvalue weighted by atomic mass is 16.2. The maximum atomic E-state index is 14.2. The molecule has 15 amide bonds. The Morgan fingerprint density at radius 1 is 0.279 bits per heavy atom. The van der Waals surface area contributed by atoms with Crippen molar-refractivity contribution in [1.82, 2.24) is 69.1 Å². The van der Waals surface area contributed by atoms with Gasteiger partial charge in [-0.2, -0.15) is 0 Å². The smallest absolute Gasteiger partial charge is 0.243 e. The third-order valence-electron chi connectivity index (χ3n) is 17.5. The minimum absolute atomic E-state index is 0.00729. The number of nitrogens with one attached hydrogen (secondary N) is 13. The van der Waals surface area contributed by atoms with E-state index in [1.54, 1.807) is 55.4 Å². The van der Waals surface area contributed by atoms with Gasteiger partial charge in [0.15, 0.2) is 0 Å². The molecule has 596 valence electrons. The maximum Gasteiger partial charge on any atom is 0.243 e. The molecule has 0 aromatic heterocycles. The molecule has 0 unspecified atom stereocenters. The topological polar surface area (TPSA) is 569 Å². The first-order chi connectivity index (χ1) is 48.6. The lowest BCUT2D eigenvalue weighted by Gasteiger charge is -2.29. The van der Waals surface area contributed by atoms with Crippen molar-refractivity contribution < 1.29 is 71.9 Å². The van der Waals surface area contributed by atoms with E-state index in [4.69, 9.17) is 34.4 Å². The molecule has 34 heteroatoms. The molecule has 0 aromatic rings. The number of primary amides is 2. The van der Waals surface area contributed by atoms with Crippen LogP contribution in [0.15, 0.2) is 0 Å². The fraction of sp³-hybridized carbons (Fsp3) is 0.786. The SMILES string of the molecule is CC[C@H](C)[C@H](N)C(=O)N[C@@H](CC(N)=O)C(=O)N[C@@H](CC(C)C)C(=O)N[C@H](CCCCN)C(=O)N[C@@H](C)C(=O)N[C@@H](CC(C)C)C(=O)N[C@@H](C)C(=O)N[C@@H](C)C(=O)N[C@@H](CC(C)C)C(=O)N[C@@H](C)C(=O)N[C@H](CCCCN)C(=O)N[C@H](CCCCN)C(=O)N[C@H](C(=O)N[C@@H](CC(C)C)C(N)=O)[C@@H](C)CC. The van der Waals surface area contributed by atoms with E-state index in [1.165, 1.54) is 27.7 Å². The van der Waals surface area contributed by atoms with Crippen LogP contribution >= 0.6 is 0 Å². The summed E-state index contributed by atoms with van der Waals surface area (Å²) < 4.78 is 0. The highest BCUT2D eigenvalue weighted by Gasteiger charge is 2.38. The monoisotopic (exact) mass is 1480 g/mol. The molecule has 0 saturated heterocycles. The molecule has 0 spiro atoms. The Labute approximate surface area is 615 Å². The van der Waals surface area contributed by atoms with Crippen LogP contribution in [0, 0.1) is 35.5 Å². The predicted molar refractivity (Wildman–Crippen MR) is 394 cm³/mol. The van der Waals surface area contributed by atoms with Crippen molar-refractivity contribution in [3.05, 3.63) is 0 Å². The summed E-state index contributed by atoms with van der Waals surface area (Å²) in [5.41, 5.74) is 34.4. The molecule has 0 aliphatic carbocycles. The van der Waals surface area contributed by atoms with Gasteiger partial charge in [0.05, 0.1) is 12.5 Å². The van der Waals surface area contributed by atoms with E-state index < -0.39 is 186 Å². The summed E-state index contributed by atoms with van der Waals surface area (Å²) in [7, 11) is 0. The summed E-state index contributed by atoms with van der Waals surface area (Å²) >= 11 is 0. The molecule has 0 aromatic carbocycles. The Bertz CT molecular complexity index is 2790. The molecule has 34 nitrogen and oxygen atoms in total. The number of carbonyl (C=O) groups excluding carboxylic acids is 15. The first-order valence-corrected chi connectivity index (χ1v) is 37.0. The molecule has 0 radical (unpaired) electrons. The van der Waals surface area contributed by atoms with Gasteiger partial charge in [-0.1, -0.05) is 95.9 Å². The molecule has 104 heavy (non-hydrogen) atoms. The Morgan fingerprint density at radius 3 is 0.856 bits per heavy atom. The van der Waals surface area contributed by atoms with Crippen molar-refractivity contribution in [2.24, 2.45) is 69.9 Å². The van der Waals surface area contributed by atoms with E-state index in [2.05, 4.69) is 69.1 Å². The van der Waals surface area contributed by atoms with Crippen molar-refractivity contribution in [1.29, 1.82) is 0 Å². The van der Waals surface area contributed by atoms with E-state index in [0.717, 1.165) is 0 Å². The quantitative estimate of drug-likeness (QED) is 0.0285. The predicted octanol–water partition coefficient (Wildman–Crippen LogP) is -2.28. The standard InChI is InChI=1S/C70H131N19O15/c1-17-40(11)55(75)69(103)88-53(35-54(74)90)68(102)87-52(34-39(9)10)67(101)83-46(25-19-22-28-71)62(96)78-45(16)61(95)86-50(32-37(5)6)65(99)79-42(13)58(92)77-43(14)60(94)85-51(33-38(7)8)66(100)80-44(15)59(93)81-47(26-20-23-29-72)63(97)82-48(27-21-24-30-73)64(98)89-56(41(12)18-2)70(104)84-49(57(76)91)31-36(3)4/h36-53,55-56H,17-35,71-73,75H2,1-16H3,(H2,74,90)(H2,76,91)(H,77,92)(H,78,96)(H,79,99)(H,80,100)(H,81,93)(H,82,97)(H,83,101)(H,84,104)(H,85,94)(H,86,95)(H,87,102)(H,88,103)(H,89,98)/t40-,41-,42-,43-,44-,45-,46+,47+,48+,49-,50-,51-,52-,53-,55-,56-/m0/s1. The number of carbonyl (C=O) groups is 15. The lowest BCUT2D eigenvalue weighted by atomic mass is 9.96. The van der Waals surface area contributed by atoms with Gasteiger partial charge in [-0.15, -0.1) is 0 Å². The second-order valence-corrected chi connectivity index (χ2v) is 29.1. The molecular weight excluding hydrogens is 1350 g/mol. The van der Waals surface area contributed by atoms with E-state index >= 15 is 0 Å². The van der Waals surface area contributed by atoms with Gasteiger partial charge in [-0.05, 0) is 166 Å². The molecule has 0 heterocycles. The Morgan fingerprint density at radius 2 is 0.529 bits per heavy atom. The van der Waals surface area contributed by atoms with E-state index in [-0.39, 0.29) is 87.6 Å². The third-order valence-corrected chi connectivity index (χ3v) is 17.5. The molecule has 0 saturated carbocycles. The minimum atomic E-state index is -1.48. The van der Waals surface area contributed by atoms with Crippen molar-refractivity contribution >= 4 is 88.6 Å². The van der Waals surface area contributed by atoms with E-state index in [1.807, 2.05) is 27.7 Å². The summed E-state index contributed by atoms with van der Waals surface area (Å²) in [6.07, 6.45) is 3.63. The number of amides is 15. The summed E-state index contributed by atoms with van der Waals surface area (Å²) in [5.74, 6) is -13.0. The average molecular weight is 1480 g/mol. The average Bonchev–Trinajstić information content (AvgIpc) is 0.858. The van der Waals surface area contributed by atoms with Crippen LogP contribution in [0.25, 0.3) is 0 Å². The first-order valence-electron chi connectivity index (χ1n) is 37.0. The van der Waals surface area contributed by atoms with E-state index in [9.17, 15) is 71.9 Å². The van der Waals surface area contributed by atoms with E-state index in [0.29, 0.717) is 57.9 Å². The Hall–Kier alpha value is -8.11. The zero-order valence-electron chi connectivity index (χ0n) is 64.6. The maximum absolute atomic E-state index is 14.2.